The highest BCUT2D eigenvalue weighted by Gasteiger charge is 2.16. The number of rotatable bonds is 2. The number of carbonyl (C=O) groups excluding carboxylic acids is 2. The third-order valence-electron chi connectivity index (χ3n) is 2.45. The minimum atomic E-state index is -0.734. The number of hydrogen-bond donors (Lipinski definition) is 1. The number of esters is 1. The molecular formula is C12H9ClN2O3. The van der Waals surface area contributed by atoms with Crippen molar-refractivity contribution in [2.75, 3.05) is 7.11 Å². The summed E-state index contributed by atoms with van der Waals surface area (Å²) in [5.74, 6) is -1.31. The quantitative estimate of drug-likeness (QED) is 0.838. The van der Waals surface area contributed by atoms with Gasteiger partial charge in [0.15, 0.2) is 0 Å². The Labute approximate surface area is 108 Å². The number of halogens is 1. The minimum Gasteiger partial charge on any atom is -0.465 e. The van der Waals surface area contributed by atoms with Gasteiger partial charge >= 0.3 is 5.97 Å². The van der Waals surface area contributed by atoms with Crippen molar-refractivity contribution in [2.45, 2.75) is 0 Å². The van der Waals surface area contributed by atoms with E-state index in [2.05, 4.69) is 9.72 Å². The number of nitrogens with two attached hydrogens (primary N) is 1. The molecule has 1 aromatic carbocycles. The number of amides is 1. The predicted molar refractivity (Wildman–Crippen MR) is 66.6 cm³/mol. The summed E-state index contributed by atoms with van der Waals surface area (Å²) < 4.78 is 4.66. The molecule has 0 atom stereocenters. The monoisotopic (exact) mass is 264 g/mol. The topological polar surface area (TPSA) is 82.3 Å². The first-order chi connectivity index (χ1) is 8.54. The molecule has 0 fully saturated rings. The molecule has 0 aliphatic rings. The molecule has 1 amide bonds. The summed E-state index contributed by atoms with van der Waals surface area (Å²) in [6.07, 6.45) is 0. The Kier molecular flexibility index (Phi) is 3.16. The molecule has 0 saturated heterocycles. The predicted octanol–water partition coefficient (Wildman–Crippen LogP) is 1.77. The maximum Gasteiger partial charge on any atom is 0.338 e. The SMILES string of the molecule is COC(=O)c1cc(C(N)=O)nc2c(Cl)cccc12. The molecule has 0 saturated carbocycles. The number of methoxy groups -OCH3 is 1. The lowest BCUT2D eigenvalue weighted by Crippen LogP contribution is -2.15. The van der Waals surface area contributed by atoms with E-state index in [1.807, 2.05) is 0 Å². The van der Waals surface area contributed by atoms with Crippen molar-refractivity contribution in [2.24, 2.45) is 5.73 Å². The number of pyridine rings is 1. The summed E-state index contributed by atoms with van der Waals surface area (Å²) in [6.45, 7) is 0. The number of para-hydroxylation sites is 1. The van der Waals surface area contributed by atoms with E-state index >= 15 is 0 Å². The zero-order valence-corrected chi connectivity index (χ0v) is 10.2. The Morgan fingerprint density at radius 3 is 2.72 bits per heavy atom. The number of primary amides is 1. The average Bonchev–Trinajstić information content (AvgIpc) is 2.37. The average molecular weight is 265 g/mol. The molecule has 1 aromatic heterocycles. The third-order valence-corrected chi connectivity index (χ3v) is 2.75. The van der Waals surface area contributed by atoms with Crippen LogP contribution in [0.4, 0.5) is 0 Å². The highest BCUT2D eigenvalue weighted by atomic mass is 35.5. The maximum absolute atomic E-state index is 11.7. The molecule has 5 nitrogen and oxygen atoms in total. The summed E-state index contributed by atoms with van der Waals surface area (Å²) in [5, 5.41) is 0.847. The van der Waals surface area contributed by atoms with E-state index in [1.54, 1.807) is 18.2 Å². The van der Waals surface area contributed by atoms with Crippen LogP contribution in [-0.4, -0.2) is 24.0 Å². The van der Waals surface area contributed by atoms with Gasteiger partial charge in [0.2, 0.25) is 0 Å². The van der Waals surface area contributed by atoms with Crippen molar-refractivity contribution in [1.29, 1.82) is 0 Å². The van der Waals surface area contributed by atoms with E-state index in [0.29, 0.717) is 15.9 Å². The number of fused-ring (bicyclic) bond motifs is 1. The van der Waals surface area contributed by atoms with Crippen LogP contribution in [0.1, 0.15) is 20.8 Å². The summed E-state index contributed by atoms with van der Waals surface area (Å²) in [6, 6.07) is 6.27. The second kappa shape index (κ2) is 4.62. The second-order valence-corrected chi connectivity index (χ2v) is 3.95. The number of aromatic nitrogens is 1. The smallest absolute Gasteiger partial charge is 0.338 e. The van der Waals surface area contributed by atoms with Gasteiger partial charge in [-0.3, -0.25) is 4.79 Å². The molecule has 0 aliphatic heterocycles. The zero-order chi connectivity index (χ0) is 13.3. The molecule has 0 bridgehead atoms. The normalized spacial score (nSPS) is 10.3. The molecular weight excluding hydrogens is 256 g/mol. The van der Waals surface area contributed by atoms with Crippen LogP contribution in [0.3, 0.4) is 0 Å². The minimum absolute atomic E-state index is 0.0315. The number of hydrogen-bond acceptors (Lipinski definition) is 4. The first-order valence-corrected chi connectivity index (χ1v) is 5.39. The van der Waals surface area contributed by atoms with E-state index in [-0.39, 0.29) is 11.3 Å². The van der Waals surface area contributed by atoms with Crippen molar-refractivity contribution in [1.82, 2.24) is 4.98 Å². The number of ether oxygens (including phenoxy) is 1. The van der Waals surface area contributed by atoms with E-state index in [9.17, 15) is 9.59 Å². The molecule has 92 valence electrons. The fourth-order valence-electron chi connectivity index (χ4n) is 1.62. The van der Waals surface area contributed by atoms with E-state index in [0.717, 1.165) is 0 Å². The Morgan fingerprint density at radius 1 is 1.39 bits per heavy atom. The van der Waals surface area contributed by atoms with Crippen LogP contribution in [0.15, 0.2) is 24.3 Å². The number of benzene rings is 1. The zero-order valence-electron chi connectivity index (χ0n) is 9.44. The summed E-state index contributed by atoms with van der Waals surface area (Å²) >= 11 is 5.99. The lowest BCUT2D eigenvalue weighted by molar-refractivity contribution is 0.0603. The standard InChI is InChI=1S/C12H9ClN2O3/c1-18-12(17)7-5-9(11(14)16)15-10-6(7)3-2-4-8(10)13/h2-5H,1H3,(H2,14,16). The second-order valence-electron chi connectivity index (χ2n) is 3.55. The summed E-state index contributed by atoms with van der Waals surface area (Å²) in [5.41, 5.74) is 5.69. The number of nitrogens with zero attached hydrogens (tertiary/aromatic N) is 1. The van der Waals surface area contributed by atoms with Gasteiger partial charge in [0.1, 0.15) is 5.69 Å². The van der Waals surface area contributed by atoms with Crippen LogP contribution in [0.5, 0.6) is 0 Å². The van der Waals surface area contributed by atoms with Crippen molar-refractivity contribution in [3.8, 4) is 0 Å². The fraction of sp³-hybridized carbons (Fsp3) is 0.0833. The van der Waals surface area contributed by atoms with Gasteiger partial charge in [-0.1, -0.05) is 23.7 Å². The molecule has 2 N–H and O–H groups in total. The molecule has 1 heterocycles. The van der Waals surface area contributed by atoms with Gasteiger partial charge in [-0.05, 0) is 12.1 Å². The van der Waals surface area contributed by atoms with Crippen molar-refractivity contribution in [3.63, 3.8) is 0 Å². The molecule has 6 heteroatoms. The van der Waals surface area contributed by atoms with Crippen molar-refractivity contribution >= 4 is 34.4 Å². The van der Waals surface area contributed by atoms with E-state index < -0.39 is 11.9 Å². The lowest BCUT2D eigenvalue weighted by Gasteiger charge is -2.07. The Balaban J connectivity index is 2.85. The highest BCUT2D eigenvalue weighted by molar-refractivity contribution is 6.35. The van der Waals surface area contributed by atoms with Gasteiger partial charge in [-0.2, -0.15) is 0 Å². The van der Waals surface area contributed by atoms with Crippen molar-refractivity contribution in [3.05, 3.63) is 40.5 Å². The Morgan fingerprint density at radius 2 is 2.11 bits per heavy atom. The third kappa shape index (κ3) is 2.00. The van der Waals surface area contributed by atoms with Gasteiger partial charge in [0.05, 0.1) is 23.2 Å². The molecule has 0 aliphatic carbocycles. The molecule has 0 radical (unpaired) electrons. The molecule has 18 heavy (non-hydrogen) atoms. The van der Waals surface area contributed by atoms with Crippen LogP contribution in [-0.2, 0) is 4.74 Å². The maximum atomic E-state index is 11.7. The Hall–Kier alpha value is -2.14. The lowest BCUT2D eigenvalue weighted by atomic mass is 10.1. The fourth-order valence-corrected chi connectivity index (χ4v) is 1.84. The summed E-state index contributed by atoms with van der Waals surface area (Å²) in [4.78, 5) is 26.9. The van der Waals surface area contributed by atoms with Crippen LogP contribution in [0.2, 0.25) is 5.02 Å². The van der Waals surface area contributed by atoms with Gasteiger partial charge in [0.25, 0.3) is 5.91 Å². The molecule has 0 unspecified atom stereocenters. The largest absolute Gasteiger partial charge is 0.465 e. The van der Waals surface area contributed by atoms with Crippen LogP contribution in [0.25, 0.3) is 10.9 Å². The molecule has 2 rings (SSSR count). The first-order valence-electron chi connectivity index (χ1n) is 5.02. The van der Waals surface area contributed by atoms with E-state index in [1.165, 1.54) is 13.2 Å². The van der Waals surface area contributed by atoms with Crippen LogP contribution in [0, 0.1) is 0 Å². The first kappa shape index (κ1) is 12.3. The van der Waals surface area contributed by atoms with Gasteiger partial charge in [0, 0.05) is 5.39 Å². The number of carbonyl (C=O) groups is 2. The summed E-state index contributed by atoms with van der Waals surface area (Å²) in [7, 11) is 1.25. The molecule has 0 spiro atoms. The van der Waals surface area contributed by atoms with E-state index in [4.69, 9.17) is 17.3 Å². The van der Waals surface area contributed by atoms with Gasteiger partial charge < -0.3 is 10.5 Å². The van der Waals surface area contributed by atoms with Gasteiger partial charge in [-0.15, -0.1) is 0 Å². The van der Waals surface area contributed by atoms with Gasteiger partial charge in [-0.25, -0.2) is 9.78 Å². The van der Waals surface area contributed by atoms with Crippen molar-refractivity contribution < 1.29 is 14.3 Å². The van der Waals surface area contributed by atoms with Crippen LogP contribution >= 0.6 is 11.6 Å². The van der Waals surface area contributed by atoms with Crippen LogP contribution < -0.4 is 5.73 Å². The Bertz CT molecular complexity index is 655. The molecule has 2 aromatic rings. The highest BCUT2D eigenvalue weighted by Crippen LogP contribution is 2.25.